The molecule has 1 atom stereocenters. The number of halogens is 2. The maximum Gasteiger partial charge on any atom is 0.259 e. The van der Waals surface area contributed by atoms with E-state index in [1.807, 2.05) is 13.8 Å². The number of ether oxygens (including phenoxy) is 2. The maximum atomic E-state index is 14.4. The average Bonchev–Trinajstić information content (AvgIpc) is 2.82. The van der Waals surface area contributed by atoms with Crippen LogP contribution in [0.25, 0.3) is 0 Å². The molecule has 1 aliphatic rings. The van der Waals surface area contributed by atoms with Crippen molar-refractivity contribution in [3.63, 3.8) is 0 Å². The number of benzene rings is 2. The number of amides is 1. The van der Waals surface area contributed by atoms with Gasteiger partial charge in [-0.25, -0.2) is 9.37 Å². The van der Waals surface area contributed by atoms with Crippen LogP contribution in [0.2, 0.25) is 5.02 Å². The Hall–Kier alpha value is -3.36. The number of pyridine rings is 1. The molecule has 0 spiro atoms. The smallest absolute Gasteiger partial charge is 0.259 e. The van der Waals surface area contributed by atoms with E-state index in [1.165, 1.54) is 12.1 Å². The number of aromatic nitrogens is 1. The molecule has 1 aliphatic heterocycles. The van der Waals surface area contributed by atoms with Crippen LogP contribution in [0.15, 0.2) is 54.7 Å². The lowest BCUT2D eigenvalue weighted by atomic mass is 10.1. The summed E-state index contributed by atoms with van der Waals surface area (Å²) in [5.74, 6) is 0.125. The van der Waals surface area contributed by atoms with Crippen molar-refractivity contribution < 1.29 is 23.8 Å². The summed E-state index contributed by atoms with van der Waals surface area (Å²) >= 11 is 6.37. The summed E-state index contributed by atoms with van der Waals surface area (Å²) < 4.78 is 25.8. The van der Waals surface area contributed by atoms with E-state index in [4.69, 9.17) is 21.1 Å². The fraction of sp³-hybridized carbons (Fsp3) is 0.280. The van der Waals surface area contributed by atoms with Crippen molar-refractivity contribution in [3.8, 4) is 11.5 Å². The Bertz CT molecular complexity index is 1190. The second-order valence-corrected chi connectivity index (χ2v) is 8.69. The fourth-order valence-electron chi connectivity index (χ4n) is 3.62. The van der Waals surface area contributed by atoms with E-state index in [-0.39, 0.29) is 36.1 Å². The van der Waals surface area contributed by atoms with Crippen molar-refractivity contribution in [2.24, 2.45) is 5.92 Å². The molecule has 4 rings (SSSR count). The van der Waals surface area contributed by atoms with Crippen LogP contribution in [0.1, 0.15) is 24.2 Å². The number of hydrogen-bond acceptors (Lipinski definition) is 6. The maximum absolute atomic E-state index is 14.4. The monoisotopic (exact) mass is 485 g/mol. The molecule has 2 aromatic carbocycles. The minimum Gasteiger partial charge on any atom is -0.490 e. The van der Waals surface area contributed by atoms with Gasteiger partial charge in [-0.05, 0) is 42.3 Å². The standard InChI is InChI=1S/C25H25ClFN3O4/c1-15(2)13-33-22-9-8-16(11-20(22)27)29-25(32)18-5-3-7-21-23(18)34-14-17(12-31)30(21)24-19(26)6-4-10-28-24/h3-11,15,17,31H,12-14H2,1-2H3,(H,29,32). The van der Waals surface area contributed by atoms with Crippen molar-refractivity contribution >= 4 is 34.7 Å². The van der Waals surface area contributed by atoms with Crippen molar-refractivity contribution in [3.05, 3.63) is 71.1 Å². The number of carbonyl (C=O) groups excluding carboxylic acids is 1. The van der Waals surface area contributed by atoms with Crippen molar-refractivity contribution in [1.29, 1.82) is 0 Å². The molecular formula is C25H25ClFN3O4. The van der Waals surface area contributed by atoms with Gasteiger partial charge in [0.2, 0.25) is 0 Å². The summed E-state index contributed by atoms with van der Waals surface area (Å²) in [5, 5.41) is 13.0. The van der Waals surface area contributed by atoms with Gasteiger partial charge >= 0.3 is 0 Å². The summed E-state index contributed by atoms with van der Waals surface area (Å²) in [7, 11) is 0. The number of rotatable bonds is 7. The first-order valence-corrected chi connectivity index (χ1v) is 11.3. The van der Waals surface area contributed by atoms with E-state index < -0.39 is 17.8 Å². The molecule has 0 fully saturated rings. The molecule has 1 unspecified atom stereocenters. The van der Waals surface area contributed by atoms with Gasteiger partial charge in [-0.15, -0.1) is 0 Å². The second-order valence-electron chi connectivity index (χ2n) is 8.28. The molecule has 9 heteroatoms. The minimum atomic E-state index is -0.563. The fourth-order valence-corrected chi connectivity index (χ4v) is 3.83. The highest BCUT2D eigenvalue weighted by atomic mass is 35.5. The van der Waals surface area contributed by atoms with Crippen molar-refractivity contribution in [2.75, 3.05) is 30.0 Å². The minimum absolute atomic E-state index is 0.122. The van der Waals surface area contributed by atoms with Gasteiger partial charge in [-0.3, -0.25) is 4.79 Å². The molecule has 0 radical (unpaired) electrons. The van der Waals surface area contributed by atoms with E-state index in [9.17, 15) is 14.3 Å². The van der Waals surface area contributed by atoms with E-state index in [2.05, 4.69) is 10.3 Å². The summed E-state index contributed by atoms with van der Waals surface area (Å²) in [6.07, 6.45) is 1.60. The number of para-hydroxylation sites is 1. The van der Waals surface area contributed by atoms with Crippen molar-refractivity contribution in [2.45, 2.75) is 19.9 Å². The van der Waals surface area contributed by atoms with Crippen LogP contribution in [-0.4, -0.2) is 41.9 Å². The lowest BCUT2D eigenvalue weighted by Gasteiger charge is -2.37. The van der Waals surface area contributed by atoms with Gasteiger partial charge in [0.1, 0.15) is 6.61 Å². The van der Waals surface area contributed by atoms with E-state index in [0.717, 1.165) is 0 Å². The predicted molar refractivity (Wildman–Crippen MR) is 129 cm³/mol. The summed E-state index contributed by atoms with van der Waals surface area (Å²) in [6.45, 7) is 4.26. The van der Waals surface area contributed by atoms with Gasteiger partial charge < -0.3 is 24.8 Å². The Morgan fingerprint density at radius 3 is 2.85 bits per heavy atom. The number of hydrogen-bond donors (Lipinski definition) is 2. The molecule has 7 nitrogen and oxygen atoms in total. The SMILES string of the molecule is CC(C)COc1ccc(NC(=O)c2cccc3c2OCC(CO)N3c2ncccc2Cl)cc1F. The average molecular weight is 486 g/mol. The van der Waals surface area contributed by atoms with Crippen LogP contribution in [0, 0.1) is 11.7 Å². The molecule has 2 N–H and O–H groups in total. The van der Waals surface area contributed by atoms with E-state index >= 15 is 0 Å². The zero-order valence-electron chi connectivity index (χ0n) is 18.8. The lowest BCUT2D eigenvalue weighted by Crippen LogP contribution is -2.43. The van der Waals surface area contributed by atoms with Crippen LogP contribution in [0.4, 0.5) is 21.6 Å². The highest BCUT2D eigenvalue weighted by Crippen LogP contribution is 2.42. The Kier molecular flexibility index (Phi) is 7.19. The summed E-state index contributed by atoms with van der Waals surface area (Å²) in [4.78, 5) is 19.2. The van der Waals surface area contributed by atoms with Crippen LogP contribution in [0.5, 0.6) is 11.5 Å². The summed E-state index contributed by atoms with van der Waals surface area (Å²) in [5.41, 5.74) is 1.08. The van der Waals surface area contributed by atoms with E-state index in [1.54, 1.807) is 47.5 Å². The topological polar surface area (TPSA) is 83.9 Å². The Balaban J connectivity index is 1.62. The van der Waals surface area contributed by atoms with Gasteiger partial charge in [-0.1, -0.05) is 31.5 Å². The van der Waals surface area contributed by atoms with Crippen molar-refractivity contribution in [1.82, 2.24) is 4.98 Å². The number of nitrogens with zero attached hydrogens (tertiary/aromatic N) is 2. The molecule has 1 aromatic heterocycles. The molecule has 3 aromatic rings. The second kappa shape index (κ2) is 10.3. The Morgan fingerprint density at radius 1 is 1.32 bits per heavy atom. The Morgan fingerprint density at radius 2 is 2.15 bits per heavy atom. The van der Waals surface area contributed by atoms with Crippen LogP contribution < -0.4 is 19.7 Å². The van der Waals surface area contributed by atoms with E-state index in [0.29, 0.717) is 28.9 Å². The van der Waals surface area contributed by atoms with Crippen LogP contribution >= 0.6 is 11.6 Å². The third-order valence-corrected chi connectivity index (χ3v) is 5.52. The molecular weight excluding hydrogens is 461 g/mol. The quantitative estimate of drug-likeness (QED) is 0.487. The molecule has 1 amide bonds. The molecule has 2 heterocycles. The first-order chi connectivity index (χ1) is 16.4. The third kappa shape index (κ3) is 4.93. The molecule has 0 saturated carbocycles. The molecule has 0 saturated heterocycles. The van der Waals surface area contributed by atoms with Gasteiger partial charge in [0.25, 0.3) is 5.91 Å². The lowest BCUT2D eigenvalue weighted by molar-refractivity contribution is 0.102. The first-order valence-electron chi connectivity index (χ1n) is 10.9. The highest BCUT2D eigenvalue weighted by molar-refractivity contribution is 6.33. The molecule has 178 valence electrons. The highest BCUT2D eigenvalue weighted by Gasteiger charge is 2.33. The van der Waals surface area contributed by atoms with Crippen LogP contribution in [-0.2, 0) is 0 Å². The number of carbonyl (C=O) groups is 1. The number of aliphatic hydroxyl groups is 1. The molecule has 34 heavy (non-hydrogen) atoms. The van der Waals surface area contributed by atoms with Gasteiger partial charge in [0.05, 0.1) is 35.5 Å². The zero-order chi connectivity index (χ0) is 24.2. The van der Waals surface area contributed by atoms with Gasteiger partial charge in [0, 0.05) is 18.0 Å². The predicted octanol–water partition coefficient (Wildman–Crippen LogP) is 5.05. The first kappa shape index (κ1) is 23.8. The number of nitrogens with one attached hydrogen (secondary N) is 1. The number of aliphatic hydroxyl groups excluding tert-OH is 1. The van der Waals surface area contributed by atoms with Gasteiger partial charge in [-0.2, -0.15) is 0 Å². The third-order valence-electron chi connectivity index (χ3n) is 5.22. The summed E-state index contributed by atoms with van der Waals surface area (Å²) in [6, 6.07) is 12.3. The largest absolute Gasteiger partial charge is 0.490 e. The molecule has 0 aliphatic carbocycles. The number of fused-ring (bicyclic) bond motifs is 1. The normalized spacial score (nSPS) is 15.0. The zero-order valence-corrected chi connectivity index (χ0v) is 19.6. The van der Waals surface area contributed by atoms with Crippen LogP contribution in [0.3, 0.4) is 0 Å². The molecule has 0 bridgehead atoms. The van der Waals surface area contributed by atoms with Gasteiger partial charge in [0.15, 0.2) is 23.1 Å². The Labute approximate surface area is 202 Å². The number of anilines is 3.